The smallest absolute Gasteiger partial charge is 0.271 e. The van der Waals surface area contributed by atoms with Crippen molar-refractivity contribution in [1.82, 2.24) is 5.43 Å². The summed E-state index contributed by atoms with van der Waals surface area (Å²) in [6.45, 7) is 0. The second-order valence-corrected chi connectivity index (χ2v) is 7.21. The maximum Gasteiger partial charge on any atom is 0.271 e. The van der Waals surface area contributed by atoms with Crippen LogP contribution in [0.25, 0.3) is 0 Å². The number of benzene rings is 3. The molecule has 8 heteroatoms. The van der Waals surface area contributed by atoms with E-state index in [0.29, 0.717) is 31.9 Å². The van der Waals surface area contributed by atoms with Gasteiger partial charge >= 0.3 is 0 Å². The first kappa shape index (κ1) is 20.6. The third kappa shape index (κ3) is 5.43. The minimum absolute atomic E-state index is 0.0100. The summed E-state index contributed by atoms with van der Waals surface area (Å²) in [6.07, 6.45) is 1.29. The molecular formula is C21H15BrClN3O3. The van der Waals surface area contributed by atoms with Crippen LogP contribution in [0.15, 0.2) is 76.3 Å². The monoisotopic (exact) mass is 471 g/mol. The van der Waals surface area contributed by atoms with Crippen LogP contribution in [0.5, 0.6) is 5.75 Å². The molecule has 0 unspecified atom stereocenters. The topological polar surface area (TPSA) is 90.8 Å². The number of carbonyl (C=O) groups excluding carboxylic acids is 2. The summed E-state index contributed by atoms with van der Waals surface area (Å²) in [5, 5.41) is 16.8. The molecule has 0 fully saturated rings. The highest BCUT2D eigenvalue weighted by atomic mass is 79.9. The first-order valence-corrected chi connectivity index (χ1v) is 9.59. The number of phenolic OH excluding ortho intramolecular Hbond substituents is 1. The number of anilines is 1. The van der Waals surface area contributed by atoms with Gasteiger partial charge in [-0.15, -0.1) is 0 Å². The van der Waals surface area contributed by atoms with Gasteiger partial charge in [-0.1, -0.05) is 29.8 Å². The SMILES string of the molecule is O=C(NN=Cc1cc(Cl)ccc1O)c1cccc(NC(=O)c2ccccc2Br)c1. The number of hydrazone groups is 1. The van der Waals surface area contributed by atoms with Crippen LogP contribution in [0, 0.1) is 0 Å². The van der Waals surface area contributed by atoms with Crippen molar-refractivity contribution >= 4 is 51.2 Å². The van der Waals surface area contributed by atoms with Gasteiger partial charge in [0.05, 0.1) is 11.8 Å². The number of hydrogen-bond acceptors (Lipinski definition) is 4. The number of amides is 2. The maximum absolute atomic E-state index is 12.4. The van der Waals surface area contributed by atoms with Gasteiger partial charge in [-0.25, -0.2) is 5.43 Å². The van der Waals surface area contributed by atoms with E-state index in [2.05, 4.69) is 31.8 Å². The highest BCUT2D eigenvalue weighted by Crippen LogP contribution is 2.20. The number of nitrogens with one attached hydrogen (secondary N) is 2. The Morgan fingerprint density at radius 3 is 2.59 bits per heavy atom. The standard InChI is InChI=1S/C21H15BrClN3O3/c22-18-7-2-1-6-17(18)21(29)25-16-5-3-4-13(11-16)20(28)26-24-12-14-10-15(23)8-9-19(14)27/h1-12,27H,(H,25,29)(H,26,28). The van der Waals surface area contributed by atoms with Crippen LogP contribution >= 0.6 is 27.5 Å². The quantitative estimate of drug-likeness (QED) is 0.367. The van der Waals surface area contributed by atoms with Gasteiger partial charge in [0, 0.05) is 26.3 Å². The molecule has 0 saturated heterocycles. The molecule has 0 aliphatic carbocycles. The molecule has 0 bridgehead atoms. The molecular weight excluding hydrogens is 458 g/mol. The number of phenols is 1. The van der Waals surface area contributed by atoms with Crippen LogP contribution < -0.4 is 10.7 Å². The van der Waals surface area contributed by atoms with E-state index < -0.39 is 5.91 Å². The lowest BCUT2D eigenvalue weighted by atomic mass is 10.1. The minimum atomic E-state index is -0.472. The van der Waals surface area contributed by atoms with E-state index in [1.807, 2.05) is 6.07 Å². The molecule has 0 aliphatic rings. The third-order valence-corrected chi connectivity index (χ3v) is 4.79. The van der Waals surface area contributed by atoms with Crippen molar-refractivity contribution in [3.05, 3.63) is 92.9 Å². The Morgan fingerprint density at radius 2 is 1.79 bits per heavy atom. The Kier molecular flexibility index (Phi) is 6.64. The molecule has 6 nitrogen and oxygen atoms in total. The highest BCUT2D eigenvalue weighted by Gasteiger charge is 2.11. The molecule has 29 heavy (non-hydrogen) atoms. The van der Waals surface area contributed by atoms with Gasteiger partial charge < -0.3 is 10.4 Å². The van der Waals surface area contributed by atoms with E-state index in [0.717, 1.165) is 0 Å². The molecule has 0 heterocycles. The Balaban J connectivity index is 1.68. The van der Waals surface area contributed by atoms with E-state index >= 15 is 0 Å². The van der Waals surface area contributed by atoms with Gasteiger partial charge in [-0.2, -0.15) is 5.10 Å². The first-order valence-electron chi connectivity index (χ1n) is 8.42. The zero-order valence-corrected chi connectivity index (χ0v) is 17.2. The summed E-state index contributed by atoms with van der Waals surface area (Å²) in [4.78, 5) is 24.7. The molecule has 2 amide bonds. The van der Waals surface area contributed by atoms with E-state index in [-0.39, 0.29) is 11.7 Å². The van der Waals surface area contributed by atoms with Crippen LogP contribution in [0.2, 0.25) is 5.02 Å². The summed E-state index contributed by atoms with van der Waals surface area (Å²) in [5.74, 6) is -0.784. The fourth-order valence-electron chi connectivity index (χ4n) is 2.44. The van der Waals surface area contributed by atoms with Gasteiger partial charge in [-0.05, 0) is 64.5 Å². The van der Waals surface area contributed by atoms with Crippen molar-refractivity contribution in [2.24, 2.45) is 5.10 Å². The van der Waals surface area contributed by atoms with Gasteiger partial charge in [0.1, 0.15) is 5.75 Å². The second kappa shape index (κ2) is 9.36. The van der Waals surface area contributed by atoms with Crippen LogP contribution in [0.4, 0.5) is 5.69 Å². The maximum atomic E-state index is 12.4. The average Bonchev–Trinajstić information content (AvgIpc) is 2.71. The van der Waals surface area contributed by atoms with E-state index in [9.17, 15) is 14.7 Å². The zero-order chi connectivity index (χ0) is 20.8. The summed E-state index contributed by atoms with van der Waals surface area (Å²) in [6, 6.07) is 18.0. The third-order valence-electron chi connectivity index (χ3n) is 3.86. The van der Waals surface area contributed by atoms with Crippen LogP contribution in [-0.2, 0) is 0 Å². The predicted octanol–water partition coefficient (Wildman–Crippen LogP) is 4.82. The van der Waals surface area contributed by atoms with Crippen molar-refractivity contribution in [1.29, 1.82) is 0 Å². The number of carbonyl (C=O) groups is 2. The number of halogens is 2. The first-order chi connectivity index (χ1) is 13.9. The fourth-order valence-corrected chi connectivity index (χ4v) is 3.08. The molecule has 3 aromatic carbocycles. The molecule has 0 aromatic heterocycles. The Labute approximate surface area is 180 Å². The van der Waals surface area contributed by atoms with Gasteiger partial charge in [-0.3, -0.25) is 9.59 Å². The average molecular weight is 473 g/mol. The highest BCUT2D eigenvalue weighted by molar-refractivity contribution is 9.10. The molecule has 0 saturated carbocycles. The summed E-state index contributed by atoms with van der Waals surface area (Å²) in [5.41, 5.74) is 3.99. The predicted molar refractivity (Wildman–Crippen MR) is 117 cm³/mol. The number of hydrogen-bond donors (Lipinski definition) is 3. The van der Waals surface area contributed by atoms with Crippen molar-refractivity contribution in [3.63, 3.8) is 0 Å². The van der Waals surface area contributed by atoms with Crippen molar-refractivity contribution in [3.8, 4) is 5.75 Å². The van der Waals surface area contributed by atoms with E-state index in [4.69, 9.17) is 11.6 Å². The number of rotatable bonds is 5. The van der Waals surface area contributed by atoms with Gasteiger partial charge in [0.2, 0.25) is 0 Å². The van der Waals surface area contributed by atoms with Gasteiger partial charge in [0.15, 0.2) is 0 Å². The minimum Gasteiger partial charge on any atom is -0.507 e. The van der Waals surface area contributed by atoms with Crippen molar-refractivity contribution in [2.45, 2.75) is 0 Å². The Bertz CT molecular complexity index is 1100. The van der Waals surface area contributed by atoms with Crippen molar-refractivity contribution < 1.29 is 14.7 Å². The zero-order valence-electron chi connectivity index (χ0n) is 14.9. The van der Waals surface area contributed by atoms with E-state index in [1.54, 1.807) is 42.5 Å². The Morgan fingerprint density at radius 1 is 1.00 bits per heavy atom. The molecule has 3 rings (SSSR count). The molecule has 0 aliphatic heterocycles. The van der Waals surface area contributed by atoms with Crippen molar-refractivity contribution in [2.75, 3.05) is 5.32 Å². The number of aromatic hydroxyl groups is 1. The molecule has 146 valence electrons. The molecule has 3 aromatic rings. The molecule has 0 atom stereocenters. The normalized spacial score (nSPS) is 10.7. The molecule has 0 spiro atoms. The number of nitrogens with zero attached hydrogens (tertiary/aromatic N) is 1. The van der Waals surface area contributed by atoms with Crippen LogP contribution in [-0.4, -0.2) is 23.1 Å². The molecule has 0 radical (unpaired) electrons. The van der Waals surface area contributed by atoms with Gasteiger partial charge in [0.25, 0.3) is 11.8 Å². The summed E-state index contributed by atoms with van der Waals surface area (Å²) >= 11 is 9.21. The lowest BCUT2D eigenvalue weighted by Crippen LogP contribution is -2.18. The van der Waals surface area contributed by atoms with Crippen LogP contribution in [0.3, 0.4) is 0 Å². The van der Waals surface area contributed by atoms with Crippen LogP contribution in [0.1, 0.15) is 26.3 Å². The molecule has 3 N–H and O–H groups in total. The van der Waals surface area contributed by atoms with E-state index in [1.165, 1.54) is 24.4 Å². The second-order valence-electron chi connectivity index (χ2n) is 5.92. The fraction of sp³-hybridized carbons (Fsp3) is 0. The lowest BCUT2D eigenvalue weighted by Gasteiger charge is -2.08. The Hall–Kier alpha value is -3.16. The largest absolute Gasteiger partial charge is 0.507 e. The summed E-state index contributed by atoms with van der Waals surface area (Å²) < 4.78 is 0.671. The summed E-state index contributed by atoms with van der Waals surface area (Å²) in [7, 11) is 0. The lowest BCUT2D eigenvalue weighted by molar-refractivity contribution is 0.0953.